The Morgan fingerprint density at radius 1 is 0.571 bits per heavy atom. The summed E-state index contributed by atoms with van der Waals surface area (Å²) in [5.41, 5.74) is -0.912. The van der Waals surface area contributed by atoms with E-state index in [-0.39, 0.29) is 62.4 Å². The topological polar surface area (TPSA) is 298 Å². The van der Waals surface area contributed by atoms with Crippen LogP contribution in [0.15, 0.2) is 31.6 Å². The van der Waals surface area contributed by atoms with Gasteiger partial charge in [0.2, 0.25) is 11.8 Å². The van der Waals surface area contributed by atoms with E-state index in [0.717, 1.165) is 0 Å². The van der Waals surface area contributed by atoms with Crippen molar-refractivity contribution >= 4 is 57.5 Å². The number of benzene rings is 1. The lowest BCUT2D eigenvalue weighted by Crippen LogP contribution is -2.56. The zero-order chi connectivity index (χ0) is 52.9. The molecule has 2 saturated heterocycles. The number of rotatable bonds is 13. The van der Waals surface area contributed by atoms with Crippen molar-refractivity contribution in [3.05, 3.63) is 29.3 Å². The van der Waals surface area contributed by atoms with E-state index < -0.39 is 73.7 Å². The number of nitrogens with one attached hydrogen (secondary N) is 6. The maximum atomic E-state index is 13.8. The molecule has 396 valence electrons. The maximum Gasteiger partial charge on any atom is 0.303 e. The fourth-order valence-corrected chi connectivity index (χ4v) is 7.96. The number of carboxylic acids is 1. The van der Waals surface area contributed by atoms with Gasteiger partial charge in [-0.05, 0) is 67.2 Å². The lowest BCUT2D eigenvalue weighted by atomic mass is 9.87. The van der Waals surface area contributed by atoms with E-state index in [9.17, 15) is 57.6 Å². The summed E-state index contributed by atoms with van der Waals surface area (Å²) in [5, 5.41) is 78.6. The zero-order valence-electron chi connectivity index (χ0n) is 41.3. The van der Waals surface area contributed by atoms with Crippen LogP contribution in [-0.4, -0.2) is 182 Å². The van der Waals surface area contributed by atoms with Gasteiger partial charge in [0.1, 0.15) is 0 Å². The molecule has 2 aliphatic heterocycles. The molecular formula is C44H72F4N12O9S. The molecule has 26 heteroatoms. The molecule has 0 aliphatic carbocycles. The minimum absolute atomic E-state index is 0.00876. The molecule has 1 aromatic carbocycles. The number of hydrogen-bond donors (Lipinski definition) is 11. The molecule has 70 heavy (non-hydrogen) atoms. The van der Waals surface area contributed by atoms with Crippen LogP contribution in [0.5, 0.6) is 0 Å². The SMILES string of the molecule is CC1(C)NCCN(CCNC(=O)CCC(=O)O)CCNC(C)(C)/C(=N\O)C/C1=N/O.CC1(C)NCCN(CCNC(=O)CCC(=O)Sc2c(F)c(F)cc(F)c2F)CCNC(C)(C)/C(=N\O)C/C1=N/O. The van der Waals surface area contributed by atoms with Gasteiger partial charge >= 0.3 is 5.97 Å². The summed E-state index contributed by atoms with van der Waals surface area (Å²) in [6.45, 7) is 21.6. The summed E-state index contributed by atoms with van der Waals surface area (Å²) in [7, 11) is 0. The summed E-state index contributed by atoms with van der Waals surface area (Å²) in [4.78, 5) is 49.7. The predicted octanol–water partition coefficient (Wildman–Crippen LogP) is 2.93. The van der Waals surface area contributed by atoms with E-state index >= 15 is 0 Å². The first-order valence-corrected chi connectivity index (χ1v) is 23.6. The molecule has 0 saturated carbocycles. The van der Waals surface area contributed by atoms with Crippen molar-refractivity contribution in [2.45, 2.75) is 121 Å². The van der Waals surface area contributed by atoms with Gasteiger partial charge in [0, 0.05) is 117 Å². The van der Waals surface area contributed by atoms with Gasteiger partial charge in [0.05, 0.1) is 56.3 Å². The fourth-order valence-electron chi connectivity index (χ4n) is 7.15. The summed E-state index contributed by atoms with van der Waals surface area (Å²) in [6.07, 6.45) is -0.500. The monoisotopic (exact) mass is 1020 g/mol. The van der Waals surface area contributed by atoms with Crippen molar-refractivity contribution in [1.29, 1.82) is 0 Å². The zero-order valence-corrected chi connectivity index (χ0v) is 42.1. The second-order valence-corrected chi connectivity index (χ2v) is 19.9. The van der Waals surface area contributed by atoms with Gasteiger partial charge in [0.25, 0.3) is 0 Å². The maximum absolute atomic E-state index is 13.8. The van der Waals surface area contributed by atoms with E-state index in [4.69, 9.17) is 5.11 Å². The largest absolute Gasteiger partial charge is 0.481 e. The first kappa shape index (κ1) is 61.1. The van der Waals surface area contributed by atoms with Crippen LogP contribution in [0.2, 0.25) is 0 Å². The number of thioether (sulfide) groups is 1. The summed E-state index contributed by atoms with van der Waals surface area (Å²) in [6, 6.07) is 0.0556. The normalized spacial score (nSPS) is 21.8. The third-order valence-corrected chi connectivity index (χ3v) is 12.9. The molecule has 0 unspecified atom stereocenters. The van der Waals surface area contributed by atoms with E-state index in [1.807, 2.05) is 55.4 Å². The molecule has 0 atom stereocenters. The molecule has 0 radical (unpaired) electrons. The number of carbonyl (C=O) groups is 4. The van der Waals surface area contributed by atoms with Crippen LogP contribution >= 0.6 is 11.8 Å². The smallest absolute Gasteiger partial charge is 0.303 e. The molecule has 2 heterocycles. The van der Waals surface area contributed by atoms with Crippen molar-refractivity contribution in [1.82, 2.24) is 41.7 Å². The van der Waals surface area contributed by atoms with Crippen molar-refractivity contribution in [3.8, 4) is 0 Å². The average Bonchev–Trinajstić information content (AvgIpc) is 3.27. The quantitative estimate of drug-likeness (QED) is 0.0445. The van der Waals surface area contributed by atoms with Crippen LogP contribution in [0.25, 0.3) is 0 Å². The van der Waals surface area contributed by atoms with Crippen LogP contribution in [-0.2, 0) is 19.2 Å². The van der Waals surface area contributed by atoms with Gasteiger partial charge < -0.3 is 57.8 Å². The Balaban J connectivity index is 0.000000501. The number of amides is 2. The molecule has 2 aliphatic rings. The van der Waals surface area contributed by atoms with E-state index in [2.05, 4.69) is 62.3 Å². The van der Waals surface area contributed by atoms with Crippen LogP contribution in [0.1, 0.15) is 93.9 Å². The van der Waals surface area contributed by atoms with Gasteiger partial charge in [-0.15, -0.1) is 0 Å². The highest BCUT2D eigenvalue weighted by Crippen LogP contribution is 2.30. The molecule has 2 amide bonds. The Morgan fingerprint density at radius 3 is 1.19 bits per heavy atom. The Kier molecular flexibility index (Phi) is 25.1. The number of hydrogen-bond acceptors (Lipinski definition) is 19. The highest BCUT2D eigenvalue weighted by Gasteiger charge is 2.35. The van der Waals surface area contributed by atoms with Crippen LogP contribution in [0, 0.1) is 23.3 Å². The number of nitrogens with zero attached hydrogens (tertiary/aromatic N) is 6. The van der Waals surface area contributed by atoms with Crippen molar-refractivity contribution in [2.24, 2.45) is 20.6 Å². The van der Waals surface area contributed by atoms with Gasteiger partial charge in [-0.2, -0.15) is 0 Å². The highest BCUT2D eigenvalue weighted by molar-refractivity contribution is 8.13. The predicted molar refractivity (Wildman–Crippen MR) is 257 cm³/mol. The van der Waals surface area contributed by atoms with Crippen LogP contribution in [0.3, 0.4) is 0 Å². The molecule has 2 fully saturated rings. The first-order valence-electron chi connectivity index (χ1n) is 22.8. The van der Waals surface area contributed by atoms with E-state index in [1.165, 1.54) is 0 Å². The van der Waals surface area contributed by atoms with Gasteiger partial charge in [-0.3, -0.25) is 29.0 Å². The summed E-state index contributed by atoms with van der Waals surface area (Å²) in [5.74, 6) is -8.30. The average molecular weight is 1020 g/mol. The Morgan fingerprint density at radius 2 is 0.886 bits per heavy atom. The Labute approximate surface area is 410 Å². The van der Waals surface area contributed by atoms with E-state index in [0.29, 0.717) is 94.8 Å². The summed E-state index contributed by atoms with van der Waals surface area (Å²) < 4.78 is 54.2. The van der Waals surface area contributed by atoms with E-state index in [1.54, 1.807) is 0 Å². The van der Waals surface area contributed by atoms with Crippen LogP contribution in [0.4, 0.5) is 17.6 Å². The molecular weight excluding hydrogens is 949 g/mol. The molecule has 3 rings (SSSR count). The lowest BCUT2D eigenvalue weighted by molar-refractivity contribution is -0.138. The molecule has 21 nitrogen and oxygen atoms in total. The number of carboxylic acid groups (broad SMARTS) is 1. The third-order valence-electron chi connectivity index (χ3n) is 11.9. The molecule has 11 N–H and O–H groups in total. The lowest BCUT2D eigenvalue weighted by Gasteiger charge is -2.35. The number of halogens is 4. The second kappa shape index (κ2) is 28.8. The Hall–Kier alpha value is -4.99. The van der Waals surface area contributed by atoms with Crippen molar-refractivity contribution < 1.29 is 62.7 Å². The first-order chi connectivity index (χ1) is 32.7. The molecule has 1 aromatic rings. The van der Waals surface area contributed by atoms with Crippen molar-refractivity contribution in [3.63, 3.8) is 0 Å². The second-order valence-electron chi connectivity index (χ2n) is 18.8. The van der Waals surface area contributed by atoms with Crippen LogP contribution < -0.4 is 31.9 Å². The van der Waals surface area contributed by atoms with Gasteiger partial charge in [-0.25, -0.2) is 17.6 Å². The van der Waals surface area contributed by atoms with Gasteiger partial charge in [-0.1, -0.05) is 20.6 Å². The molecule has 0 bridgehead atoms. The summed E-state index contributed by atoms with van der Waals surface area (Å²) >= 11 is 0.00876. The minimum atomic E-state index is -1.66. The molecule has 0 spiro atoms. The van der Waals surface area contributed by atoms with Crippen molar-refractivity contribution in [2.75, 3.05) is 78.5 Å². The number of oxime groups is 4. The van der Waals surface area contributed by atoms with Gasteiger partial charge in [0.15, 0.2) is 28.4 Å². The fraction of sp³-hybridized carbons (Fsp3) is 0.682. The minimum Gasteiger partial charge on any atom is -0.481 e. The standard InChI is InChI=1S/C25H36F4N6O4S.C19H36N6O5/c1-24(2)17(33-38)14-18(34-39)25(3,4)32-9-12-35(11-8-31-24)10-7-30-19(36)5-6-20(37)40-23-21(28)15(26)13-16(27)22(23)29;1-18(2)14(23-29)13-15(24-30)19(3,4)22-9-12-25(11-8-21-18)10-7-20-16(26)5-6-17(27)28/h13,31-32,38-39H,5-12,14H2,1-4H3,(H,30,36);21-22,29-30H,5-13H2,1-4H3,(H,20,26)(H,27,28)/b33-17-,34-18-;23-14-,24-15-. The highest BCUT2D eigenvalue weighted by atomic mass is 32.2. The number of carbonyl (C=O) groups excluding carboxylic acids is 3. The number of aliphatic carboxylic acids is 1. The third kappa shape index (κ3) is 20.4. The Bertz CT molecular complexity index is 1960. The molecule has 0 aromatic heterocycles.